The zero-order valence-electron chi connectivity index (χ0n) is 12.0. The molecule has 0 aliphatic rings. The Morgan fingerprint density at radius 1 is 1.42 bits per heavy atom. The molecule has 0 saturated heterocycles. The number of ether oxygens (including phenoxy) is 1. The first kappa shape index (κ1) is 15.8. The van der Waals surface area contributed by atoms with Crippen molar-refractivity contribution in [2.24, 2.45) is 0 Å². The smallest absolute Gasteiger partial charge is 0.316 e. The van der Waals surface area contributed by atoms with E-state index < -0.39 is 0 Å². The number of rotatable bonds is 6. The summed E-state index contributed by atoms with van der Waals surface area (Å²) in [5.41, 5.74) is -0.178. The molecule has 1 aromatic heterocycles. The highest BCUT2D eigenvalue weighted by Crippen LogP contribution is 2.23. The van der Waals surface area contributed by atoms with Crippen molar-refractivity contribution in [1.82, 2.24) is 14.9 Å². The van der Waals surface area contributed by atoms with Crippen molar-refractivity contribution < 1.29 is 9.53 Å². The lowest BCUT2D eigenvalue weighted by Crippen LogP contribution is -2.24. The maximum Gasteiger partial charge on any atom is 0.316 e. The van der Waals surface area contributed by atoms with Crippen LogP contribution in [0.1, 0.15) is 46.4 Å². The normalized spacial score (nSPS) is 11.6. The van der Waals surface area contributed by atoms with Crippen LogP contribution in [0.3, 0.4) is 0 Å². The van der Waals surface area contributed by atoms with Crippen molar-refractivity contribution in [1.29, 1.82) is 0 Å². The summed E-state index contributed by atoms with van der Waals surface area (Å²) in [4.78, 5) is 11.5. The highest BCUT2D eigenvalue weighted by Gasteiger charge is 2.23. The second kappa shape index (κ2) is 6.79. The minimum atomic E-state index is -0.251. The third-order valence-electron chi connectivity index (χ3n) is 2.42. The van der Waals surface area contributed by atoms with Gasteiger partial charge in [-0.25, -0.2) is 4.68 Å². The van der Waals surface area contributed by atoms with Gasteiger partial charge in [-0.2, -0.15) is 0 Å². The summed E-state index contributed by atoms with van der Waals surface area (Å²) in [6.45, 7) is 8.54. The molecule has 1 heterocycles. The molecule has 0 unspecified atom stereocenters. The fourth-order valence-corrected chi connectivity index (χ4v) is 2.04. The van der Waals surface area contributed by atoms with Crippen LogP contribution >= 0.6 is 11.8 Å². The standard InChI is InChI=1S/C12H22N4O2S/c1-5-6-7-18-9(17)8-19-11-15-14-10(16(11)13)12(2,3)4/h5-8,13H2,1-4H3. The number of nitrogens with two attached hydrogens (primary N) is 1. The van der Waals surface area contributed by atoms with E-state index >= 15 is 0 Å². The van der Waals surface area contributed by atoms with Gasteiger partial charge in [-0.05, 0) is 6.42 Å². The van der Waals surface area contributed by atoms with E-state index in [-0.39, 0.29) is 17.1 Å². The van der Waals surface area contributed by atoms with E-state index in [4.69, 9.17) is 10.6 Å². The summed E-state index contributed by atoms with van der Waals surface area (Å²) in [7, 11) is 0. The monoisotopic (exact) mass is 286 g/mol. The summed E-state index contributed by atoms with van der Waals surface area (Å²) in [5.74, 6) is 6.55. The largest absolute Gasteiger partial charge is 0.465 e. The topological polar surface area (TPSA) is 83.0 Å². The molecule has 2 N–H and O–H groups in total. The highest BCUT2D eigenvalue weighted by atomic mass is 32.2. The molecule has 0 fully saturated rings. The predicted octanol–water partition coefficient (Wildman–Crippen LogP) is 1.72. The van der Waals surface area contributed by atoms with E-state index in [2.05, 4.69) is 10.2 Å². The van der Waals surface area contributed by atoms with Gasteiger partial charge in [-0.15, -0.1) is 10.2 Å². The van der Waals surface area contributed by atoms with Crippen LogP contribution in [0.2, 0.25) is 0 Å². The van der Waals surface area contributed by atoms with Crippen LogP contribution in [0.25, 0.3) is 0 Å². The molecule has 108 valence electrons. The first-order valence-electron chi connectivity index (χ1n) is 6.35. The molecular formula is C12H22N4O2S. The van der Waals surface area contributed by atoms with Crippen LogP contribution in [0, 0.1) is 0 Å². The average molecular weight is 286 g/mol. The van der Waals surface area contributed by atoms with Gasteiger partial charge >= 0.3 is 5.97 Å². The number of nitrogens with zero attached hydrogens (tertiary/aromatic N) is 3. The number of aromatic nitrogens is 3. The summed E-state index contributed by atoms with van der Waals surface area (Å²) >= 11 is 1.24. The van der Waals surface area contributed by atoms with Gasteiger partial charge in [-0.3, -0.25) is 4.79 Å². The van der Waals surface area contributed by atoms with Gasteiger partial charge in [0.05, 0.1) is 12.4 Å². The number of unbranched alkanes of at least 4 members (excludes halogenated alkanes) is 1. The number of thioether (sulfide) groups is 1. The molecule has 0 aliphatic heterocycles. The molecular weight excluding hydrogens is 264 g/mol. The molecule has 0 bridgehead atoms. The van der Waals surface area contributed by atoms with E-state index in [1.165, 1.54) is 16.4 Å². The molecule has 1 aromatic rings. The minimum Gasteiger partial charge on any atom is -0.465 e. The Kier molecular flexibility index (Phi) is 5.65. The Hall–Kier alpha value is -1.24. The fraction of sp³-hybridized carbons (Fsp3) is 0.750. The van der Waals surface area contributed by atoms with Gasteiger partial charge < -0.3 is 10.6 Å². The average Bonchev–Trinajstić information content (AvgIpc) is 2.68. The summed E-state index contributed by atoms with van der Waals surface area (Å²) < 4.78 is 6.49. The first-order valence-corrected chi connectivity index (χ1v) is 7.34. The first-order chi connectivity index (χ1) is 8.86. The van der Waals surface area contributed by atoms with Crippen molar-refractivity contribution in [2.45, 2.75) is 51.1 Å². The molecule has 0 aliphatic carbocycles. The van der Waals surface area contributed by atoms with Crippen LogP contribution in [0.4, 0.5) is 0 Å². The number of nitrogen functional groups attached to an aromatic ring is 1. The molecule has 0 radical (unpaired) electrons. The maximum absolute atomic E-state index is 11.5. The zero-order valence-corrected chi connectivity index (χ0v) is 12.8. The lowest BCUT2D eigenvalue weighted by molar-refractivity contribution is -0.140. The summed E-state index contributed by atoms with van der Waals surface area (Å²) in [6.07, 6.45) is 1.89. The Balaban J connectivity index is 2.50. The molecule has 0 atom stereocenters. The van der Waals surface area contributed by atoms with E-state index in [1.54, 1.807) is 0 Å². The molecule has 6 nitrogen and oxygen atoms in total. The Morgan fingerprint density at radius 2 is 2.11 bits per heavy atom. The van der Waals surface area contributed by atoms with Crippen LogP contribution < -0.4 is 5.84 Å². The lowest BCUT2D eigenvalue weighted by atomic mass is 9.96. The third-order valence-corrected chi connectivity index (χ3v) is 3.33. The molecule has 1 rings (SSSR count). The van der Waals surface area contributed by atoms with Gasteiger partial charge in [0.1, 0.15) is 0 Å². The van der Waals surface area contributed by atoms with Crippen LogP contribution in [-0.4, -0.2) is 33.2 Å². The number of carbonyl (C=O) groups is 1. The van der Waals surface area contributed by atoms with Gasteiger partial charge in [0, 0.05) is 5.41 Å². The second-order valence-corrected chi connectivity index (χ2v) is 6.23. The number of carbonyl (C=O) groups excluding carboxylic acids is 1. The molecule has 0 spiro atoms. The summed E-state index contributed by atoms with van der Waals surface area (Å²) in [6, 6.07) is 0. The van der Waals surface area contributed by atoms with Crippen LogP contribution in [-0.2, 0) is 14.9 Å². The van der Waals surface area contributed by atoms with E-state index in [0.29, 0.717) is 17.6 Å². The van der Waals surface area contributed by atoms with E-state index in [0.717, 1.165) is 12.8 Å². The van der Waals surface area contributed by atoms with Gasteiger partial charge in [0.25, 0.3) is 0 Å². The molecule has 0 amide bonds. The maximum atomic E-state index is 11.5. The molecule has 19 heavy (non-hydrogen) atoms. The molecule has 0 aromatic carbocycles. The third kappa shape index (κ3) is 4.74. The summed E-state index contributed by atoms with van der Waals surface area (Å²) in [5, 5.41) is 8.57. The zero-order chi connectivity index (χ0) is 14.5. The van der Waals surface area contributed by atoms with Crippen LogP contribution in [0.15, 0.2) is 5.16 Å². The lowest BCUT2D eigenvalue weighted by Gasteiger charge is -2.16. The van der Waals surface area contributed by atoms with E-state index in [1.807, 2.05) is 27.7 Å². The second-order valence-electron chi connectivity index (χ2n) is 5.29. The van der Waals surface area contributed by atoms with Gasteiger partial charge in [0.15, 0.2) is 5.82 Å². The number of hydrogen-bond acceptors (Lipinski definition) is 6. The molecule has 7 heteroatoms. The minimum absolute atomic E-state index is 0.178. The predicted molar refractivity (Wildman–Crippen MR) is 75.5 cm³/mol. The molecule has 0 saturated carbocycles. The Morgan fingerprint density at radius 3 is 2.63 bits per heavy atom. The van der Waals surface area contributed by atoms with Crippen molar-refractivity contribution in [2.75, 3.05) is 18.2 Å². The fourth-order valence-electron chi connectivity index (χ4n) is 1.38. The van der Waals surface area contributed by atoms with Crippen LogP contribution in [0.5, 0.6) is 0 Å². The SMILES string of the molecule is CCCCOC(=O)CSc1nnc(C(C)(C)C)n1N. The van der Waals surface area contributed by atoms with Crippen molar-refractivity contribution in [3.05, 3.63) is 5.82 Å². The van der Waals surface area contributed by atoms with Crippen molar-refractivity contribution in [3.63, 3.8) is 0 Å². The highest BCUT2D eigenvalue weighted by molar-refractivity contribution is 7.99. The van der Waals surface area contributed by atoms with Gasteiger partial charge in [0.2, 0.25) is 5.16 Å². The van der Waals surface area contributed by atoms with Crippen molar-refractivity contribution in [3.8, 4) is 0 Å². The van der Waals surface area contributed by atoms with Gasteiger partial charge in [-0.1, -0.05) is 45.9 Å². The Bertz CT molecular complexity index is 426. The quantitative estimate of drug-likeness (QED) is 0.371. The Labute approximate surface area is 118 Å². The van der Waals surface area contributed by atoms with E-state index in [9.17, 15) is 4.79 Å². The van der Waals surface area contributed by atoms with Crippen molar-refractivity contribution >= 4 is 17.7 Å². The number of hydrogen-bond donors (Lipinski definition) is 1. The number of esters is 1.